The molecule has 0 aromatic heterocycles. The topological polar surface area (TPSA) is 447 Å². The number of nitrogens with zero attached hydrogens (tertiary/aromatic N) is 4. The number of ether oxygens (including phenoxy) is 12. The molecule has 5 fully saturated rings. The molecule has 11 N–H and O–H groups in total. The van der Waals surface area contributed by atoms with Gasteiger partial charge in [-0.05, 0) is 39.8 Å². The number of alkyl carbamates (subject to hydrolysis) is 4. The van der Waals surface area contributed by atoms with Gasteiger partial charge in [0.25, 0.3) is 5.91 Å². The third-order valence-electron chi connectivity index (χ3n) is 18.1. The quantitative estimate of drug-likeness (QED) is 0.0149. The van der Waals surface area contributed by atoms with Crippen LogP contribution in [0.15, 0.2) is 187 Å². The number of azide groups is 1. The van der Waals surface area contributed by atoms with Crippen molar-refractivity contribution in [3.8, 4) is 0 Å². The first-order chi connectivity index (χ1) is 51.5. The summed E-state index contributed by atoms with van der Waals surface area (Å²) in [6, 6.07) is 45.5. The number of aliphatic hydroxyl groups excluding tert-OH is 6. The lowest BCUT2D eigenvalue weighted by Gasteiger charge is -2.51. The Morgan fingerprint density at radius 1 is 0.509 bits per heavy atom. The summed E-state index contributed by atoms with van der Waals surface area (Å²) in [5.41, 5.74) is 12.9. The molecule has 1 aliphatic carbocycles. The van der Waals surface area contributed by atoms with Gasteiger partial charge < -0.3 is 114 Å². The summed E-state index contributed by atoms with van der Waals surface area (Å²) in [7, 11) is 0. The van der Waals surface area contributed by atoms with Crippen molar-refractivity contribution in [2.24, 2.45) is 5.11 Å². The van der Waals surface area contributed by atoms with Crippen molar-refractivity contribution in [1.29, 1.82) is 0 Å². The van der Waals surface area contributed by atoms with E-state index in [1.165, 1.54) is 4.90 Å². The van der Waals surface area contributed by atoms with Gasteiger partial charge in [-0.1, -0.05) is 187 Å². The predicted molar refractivity (Wildman–Crippen MR) is 366 cm³/mol. The minimum atomic E-state index is -2.11. The molecule has 0 bridgehead atoms. The monoisotopic (exact) mass is 1470 g/mol. The largest absolute Gasteiger partial charge is 0.445 e. The third kappa shape index (κ3) is 20.7. The molecule has 11 rings (SSSR count). The first-order valence-electron chi connectivity index (χ1n) is 34.3. The van der Waals surface area contributed by atoms with Gasteiger partial charge in [-0.2, -0.15) is 0 Å². The van der Waals surface area contributed by atoms with Crippen LogP contribution in [0.25, 0.3) is 10.4 Å². The summed E-state index contributed by atoms with van der Waals surface area (Å²) in [6.45, 7) is -3.47. The second-order valence-electron chi connectivity index (χ2n) is 25.5. The highest BCUT2D eigenvalue weighted by Gasteiger charge is 2.58. The van der Waals surface area contributed by atoms with Gasteiger partial charge in [-0.15, -0.1) is 0 Å². The number of fused-ring (bicyclic) bond motifs is 1. The molecule has 0 radical (unpaired) electrons. The summed E-state index contributed by atoms with van der Waals surface area (Å²) in [5.74, 6) is -1.19. The van der Waals surface area contributed by atoms with Crippen LogP contribution in [0.5, 0.6) is 0 Å². The lowest BCUT2D eigenvalue weighted by Crippen LogP contribution is -2.69. The van der Waals surface area contributed by atoms with Gasteiger partial charge in [0, 0.05) is 16.9 Å². The molecule has 0 spiro atoms. The Labute approximate surface area is 607 Å². The van der Waals surface area contributed by atoms with Gasteiger partial charge in [0.05, 0.1) is 50.5 Å². The normalized spacial score (nSPS) is 28.5. The molecule has 6 aromatic carbocycles. The molecule has 6 amide bonds. The number of amides is 6. The van der Waals surface area contributed by atoms with E-state index in [4.69, 9.17) is 56.8 Å². The Hall–Kier alpha value is -10.1. The average molecular weight is 1470 g/mol. The van der Waals surface area contributed by atoms with Gasteiger partial charge in [0.15, 0.2) is 25.1 Å². The number of carbonyl (C=O) groups is 6. The molecule has 4 heterocycles. The molecular weight excluding hydrogens is 1390 g/mol. The van der Waals surface area contributed by atoms with Gasteiger partial charge in [0.2, 0.25) is 0 Å². The molecule has 5 aliphatic rings. The summed E-state index contributed by atoms with van der Waals surface area (Å²) in [5, 5.41) is 88.8. The Balaban J connectivity index is 0.904. The van der Waals surface area contributed by atoms with Crippen LogP contribution in [-0.2, 0) is 94.7 Å². The van der Waals surface area contributed by atoms with E-state index in [1.807, 2.05) is 0 Å². The fourth-order valence-electron chi connectivity index (χ4n) is 12.8. The smallest absolute Gasteiger partial charge is 0.412 e. The molecule has 4 saturated heterocycles. The van der Waals surface area contributed by atoms with E-state index in [0.29, 0.717) is 33.4 Å². The van der Waals surface area contributed by atoms with E-state index in [1.54, 1.807) is 182 Å². The summed E-state index contributed by atoms with van der Waals surface area (Å²) in [6.07, 6.45) is -33.5. The molecular formula is C73H83N9O24. The summed E-state index contributed by atoms with van der Waals surface area (Å²) >= 11 is 0. The molecule has 1 saturated carbocycles. The first-order valence-corrected chi connectivity index (χ1v) is 34.3. The van der Waals surface area contributed by atoms with E-state index in [2.05, 4.69) is 36.6 Å². The molecule has 4 aliphatic heterocycles. The van der Waals surface area contributed by atoms with Crippen molar-refractivity contribution < 1.29 is 116 Å². The molecule has 33 heteroatoms. The van der Waals surface area contributed by atoms with E-state index < -0.39 is 185 Å². The molecule has 106 heavy (non-hydrogen) atoms. The van der Waals surface area contributed by atoms with Gasteiger partial charge in [-0.3, -0.25) is 9.69 Å². The third-order valence-corrected chi connectivity index (χ3v) is 18.1. The van der Waals surface area contributed by atoms with Crippen molar-refractivity contribution in [3.63, 3.8) is 0 Å². The maximum atomic E-state index is 14.3. The number of hydrogen-bond acceptors (Lipinski definition) is 25. The minimum absolute atomic E-state index is 0.140. The van der Waals surface area contributed by atoms with Crippen molar-refractivity contribution >= 4 is 36.4 Å². The van der Waals surface area contributed by atoms with Crippen molar-refractivity contribution in [1.82, 2.24) is 31.5 Å². The van der Waals surface area contributed by atoms with E-state index >= 15 is 0 Å². The zero-order valence-electron chi connectivity index (χ0n) is 57.0. The van der Waals surface area contributed by atoms with E-state index in [0.717, 1.165) is 0 Å². The van der Waals surface area contributed by atoms with Crippen molar-refractivity contribution in [3.05, 3.63) is 226 Å². The highest BCUT2D eigenvalue weighted by atomic mass is 16.8. The van der Waals surface area contributed by atoms with Crippen LogP contribution in [0.2, 0.25) is 0 Å². The average Bonchev–Trinajstić information content (AvgIpc) is 1.08. The molecule has 564 valence electrons. The number of rotatable bonds is 27. The van der Waals surface area contributed by atoms with Gasteiger partial charge in [0.1, 0.15) is 106 Å². The Kier molecular flexibility index (Phi) is 27.4. The van der Waals surface area contributed by atoms with Crippen LogP contribution in [0.1, 0.15) is 52.5 Å². The van der Waals surface area contributed by atoms with E-state index in [-0.39, 0.29) is 46.0 Å². The molecule has 6 aromatic rings. The zero-order chi connectivity index (χ0) is 74.5. The van der Waals surface area contributed by atoms with Crippen LogP contribution in [0, 0.1) is 0 Å². The van der Waals surface area contributed by atoms with Crippen LogP contribution >= 0.6 is 0 Å². The second-order valence-corrected chi connectivity index (χ2v) is 25.5. The maximum Gasteiger partial charge on any atom is 0.412 e. The highest BCUT2D eigenvalue weighted by Crippen LogP contribution is 2.40. The lowest BCUT2D eigenvalue weighted by atomic mass is 9.83. The zero-order valence-corrected chi connectivity index (χ0v) is 57.0. The predicted octanol–water partition coefficient (Wildman–Crippen LogP) is 4.25. The molecule has 20 atom stereocenters. The lowest BCUT2D eigenvalue weighted by molar-refractivity contribution is -0.323. The maximum absolute atomic E-state index is 14.3. The van der Waals surface area contributed by atoms with Crippen molar-refractivity contribution in [2.45, 2.75) is 168 Å². The number of aliphatic hydroxyl groups is 6. The van der Waals surface area contributed by atoms with Crippen molar-refractivity contribution in [2.75, 3.05) is 26.2 Å². The first kappa shape index (κ1) is 77.0. The Morgan fingerprint density at radius 3 is 1.51 bits per heavy atom. The Bertz CT molecular complexity index is 3850. The summed E-state index contributed by atoms with van der Waals surface area (Å²) < 4.78 is 73.5. The number of hydrogen-bond donors (Lipinski definition) is 11. The molecule has 33 nitrogen and oxygen atoms in total. The summed E-state index contributed by atoms with van der Waals surface area (Å²) in [4.78, 5) is 87.2. The van der Waals surface area contributed by atoms with Gasteiger partial charge >= 0.3 is 30.5 Å². The van der Waals surface area contributed by atoms with Crippen LogP contribution in [0.3, 0.4) is 0 Å². The van der Waals surface area contributed by atoms with E-state index in [9.17, 15) is 64.9 Å². The van der Waals surface area contributed by atoms with Gasteiger partial charge in [-0.25, -0.2) is 24.0 Å². The van der Waals surface area contributed by atoms with Crippen LogP contribution < -0.4 is 26.6 Å². The van der Waals surface area contributed by atoms with Crippen LogP contribution in [-0.4, -0.2) is 214 Å². The highest BCUT2D eigenvalue weighted by molar-refractivity contribution is 5.82. The SMILES string of the molecule is [N-]=[N+]=NC[C@@H]1C[C@@H](O)[C@@H](NC(=O)OCc2ccccc2)[C@@H](O[C@H]2[C@H](O[C@@H]3O[C@H](CO)[C@@H](O[C@H]4O[C@H]5CN(C(=O)OCc6ccccc6)C(c6ccccc6)O[C@H]5[C@H](O)[C@H]4NC(=O)OCc4ccccc4)[C@H]3O)[C@@H](O)[C@H](NC(=O)[C@H](O)CNC(=O)OCc3ccccc3)C[C@@H]2NC(=O)OCc2ccccc2)O1. The fraction of sp³-hybridized carbons (Fsp3) is 0.425. The standard InChI is InChI=1S/C73H83N9O24/c74-81-76-33-48-31-51(84)55(79-71(92)97-39-44-23-11-3-12-24-44)66(100-48)104-60-50(78-70(91)96-38-43-21-9-2-10-22-43)32-49(77-64(89)52(85)34-75-69(90)95-37-42-19-7-1-8-20-42)57(86)63(60)106-68-59(88)62(54(36-83)102-68)105-67-56(80-72(93)98-40-45-25-13-4-14-26-45)58(87)61-53(101-67)35-82(65(103-61)47-29-17-6-18-30-47)73(94)99-41-46-27-15-5-16-28-46/h1-30,48-63,65-68,83-88H,31-41H2,(H,75,90)(H,77,89)(H,78,91)(H,79,92)(H,80,93)/t48-,49+,50-,51+,52+,53-,54+,55+,56+,57-,58+,59+,60+,61+,62+,63+,65?,66+,67+,68-/m0/s1. The minimum Gasteiger partial charge on any atom is -0.445 e. The number of benzene rings is 6. The fourth-order valence-corrected chi connectivity index (χ4v) is 12.8. The number of carbonyl (C=O) groups excluding carboxylic acids is 6. The second kappa shape index (κ2) is 37.8. The molecule has 1 unspecified atom stereocenters. The van der Waals surface area contributed by atoms with Crippen LogP contribution in [0.4, 0.5) is 24.0 Å². The number of nitrogens with one attached hydrogen (secondary N) is 5. The Morgan fingerprint density at radius 2 is 0.981 bits per heavy atom.